The largest absolute Gasteiger partial charge is 0.444 e. The van der Waals surface area contributed by atoms with E-state index in [2.05, 4.69) is 36.2 Å². The smallest absolute Gasteiger partial charge is 0.407 e. The Hall–Kier alpha value is -1.75. The highest BCUT2D eigenvalue weighted by Gasteiger charge is 2.19. The predicted molar refractivity (Wildman–Crippen MR) is 95.9 cm³/mol. The fourth-order valence-corrected chi connectivity index (χ4v) is 2.57. The van der Waals surface area contributed by atoms with Crippen LogP contribution in [0.1, 0.15) is 39.7 Å². The lowest BCUT2D eigenvalue weighted by Gasteiger charge is -2.33. The van der Waals surface area contributed by atoms with Crippen LogP contribution < -0.4 is 16.0 Å². The summed E-state index contributed by atoms with van der Waals surface area (Å²) in [6.45, 7) is 11.7. The number of rotatable bonds is 7. The van der Waals surface area contributed by atoms with Gasteiger partial charge in [0.25, 0.3) is 0 Å². The van der Waals surface area contributed by atoms with Crippen molar-refractivity contribution in [1.82, 2.24) is 5.32 Å². The van der Waals surface area contributed by atoms with Gasteiger partial charge in [-0.15, -0.1) is 0 Å². The zero-order valence-electron chi connectivity index (χ0n) is 15.1. The van der Waals surface area contributed by atoms with Crippen molar-refractivity contribution in [3.8, 4) is 0 Å². The summed E-state index contributed by atoms with van der Waals surface area (Å²) in [4.78, 5) is 14.0. The second-order valence-electron chi connectivity index (χ2n) is 6.68. The lowest BCUT2D eigenvalue weighted by Crippen LogP contribution is -2.43. The Morgan fingerprint density at radius 3 is 2.52 bits per heavy atom. The zero-order valence-corrected chi connectivity index (χ0v) is 15.1. The van der Waals surface area contributed by atoms with Crippen LogP contribution in [0.4, 0.5) is 10.5 Å². The van der Waals surface area contributed by atoms with E-state index in [0.717, 1.165) is 13.0 Å². The average molecular weight is 321 g/mol. The third kappa shape index (κ3) is 6.48. The molecule has 3 N–H and O–H groups in total. The van der Waals surface area contributed by atoms with Gasteiger partial charge in [-0.25, -0.2) is 4.79 Å². The number of hydrogen-bond donors (Lipinski definition) is 2. The van der Waals surface area contributed by atoms with Gasteiger partial charge in [0.15, 0.2) is 0 Å². The standard InChI is InChI=1S/C18H31N3O2/c1-6-21(16-10-8-7-9-14(16)2)15(13-19)11-12-20-17(22)23-18(3,4)5/h7-10,15H,6,11-13,19H2,1-5H3,(H,20,22). The van der Waals surface area contributed by atoms with Crippen LogP contribution in [0.5, 0.6) is 0 Å². The molecule has 1 aromatic carbocycles. The molecule has 1 atom stereocenters. The Labute approximate surface area is 140 Å². The molecule has 1 aromatic rings. The highest BCUT2D eigenvalue weighted by Crippen LogP contribution is 2.22. The number of benzene rings is 1. The number of nitrogens with zero attached hydrogens (tertiary/aromatic N) is 1. The van der Waals surface area contributed by atoms with Gasteiger partial charge in [0.2, 0.25) is 0 Å². The quantitative estimate of drug-likeness (QED) is 0.810. The summed E-state index contributed by atoms with van der Waals surface area (Å²) in [7, 11) is 0. The second kappa shape index (κ2) is 8.77. The minimum atomic E-state index is -0.478. The Morgan fingerprint density at radius 2 is 2.00 bits per heavy atom. The van der Waals surface area contributed by atoms with E-state index in [1.165, 1.54) is 11.3 Å². The highest BCUT2D eigenvalue weighted by atomic mass is 16.6. The van der Waals surface area contributed by atoms with Gasteiger partial charge < -0.3 is 20.7 Å². The molecule has 0 saturated carbocycles. The maximum absolute atomic E-state index is 11.7. The van der Waals surface area contributed by atoms with E-state index >= 15 is 0 Å². The number of anilines is 1. The monoisotopic (exact) mass is 321 g/mol. The molecule has 130 valence electrons. The predicted octanol–water partition coefficient (Wildman–Crippen LogP) is 3.06. The first kappa shape index (κ1) is 19.3. The Bertz CT molecular complexity index is 497. The molecule has 0 aromatic heterocycles. The summed E-state index contributed by atoms with van der Waals surface area (Å²) in [6.07, 6.45) is 0.393. The van der Waals surface area contributed by atoms with Crippen LogP contribution in [0.3, 0.4) is 0 Å². The number of ether oxygens (including phenoxy) is 1. The maximum Gasteiger partial charge on any atom is 0.407 e. The minimum Gasteiger partial charge on any atom is -0.444 e. The van der Waals surface area contributed by atoms with Gasteiger partial charge in [-0.1, -0.05) is 18.2 Å². The summed E-state index contributed by atoms with van der Waals surface area (Å²) in [5, 5.41) is 2.81. The van der Waals surface area contributed by atoms with E-state index in [1.54, 1.807) is 0 Å². The summed E-state index contributed by atoms with van der Waals surface area (Å²) in [6, 6.07) is 8.47. The van der Waals surface area contributed by atoms with Crippen LogP contribution in [0.2, 0.25) is 0 Å². The van der Waals surface area contributed by atoms with Crippen molar-refractivity contribution in [3.05, 3.63) is 29.8 Å². The molecular formula is C18H31N3O2. The minimum absolute atomic E-state index is 0.177. The summed E-state index contributed by atoms with van der Waals surface area (Å²) >= 11 is 0. The van der Waals surface area contributed by atoms with E-state index in [0.29, 0.717) is 13.1 Å². The Morgan fingerprint density at radius 1 is 1.35 bits per heavy atom. The number of carbonyl (C=O) groups is 1. The number of alkyl carbamates (subject to hydrolysis) is 1. The van der Waals surface area contributed by atoms with Crippen molar-refractivity contribution >= 4 is 11.8 Å². The van der Waals surface area contributed by atoms with E-state index in [-0.39, 0.29) is 12.1 Å². The van der Waals surface area contributed by atoms with Crippen LogP contribution in [0.25, 0.3) is 0 Å². The van der Waals surface area contributed by atoms with Crippen LogP contribution in [-0.2, 0) is 4.74 Å². The van der Waals surface area contributed by atoms with Crippen LogP contribution in [0.15, 0.2) is 24.3 Å². The molecule has 0 fully saturated rings. The number of carbonyl (C=O) groups excluding carboxylic acids is 1. The molecule has 0 bridgehead atoms. The molecular weight excluding hydrogens is 290 g/mol. The molecule has 0 aliphatic rings. The van der Waals surface area contributed by atoms with Crippen molar-refractivity contribution in [2.24, 2.45) is 5.73 Å². The van der Waals surface area contributed by atoms with Crippen LogP contribution in [0, 0.1) is 6.92 Å². The zero-order chi connectivity index (χ0) is 17.5. The van der Waals surface area contributed by atoms with Crippen LogP contribution >= 0.6 is 0 Å². The van der Waals surface area contributed by atoms with Crippen molar-refractivity contribution in [1.29, 1.82) is 0 Å². The number of hydrogen-bond acceptors (Lipinski definition) is 4. The maximum atomic E-state index is 11.7. The first-order chi connectivity index (χ1) is 10.8. The molecule has 0 aliphatic heterocycles. The van der Waals surface area contributed by atoms with Gasteiger partial charge in [-0.3, -0.25) is 0 Å². The first-order valence-electron chi connectivity index (χ1n) is 8.27. The summed E-state index contributed by atoms with van der Waals surface area (Å²) in [5.41, 5.74) is 7.92. The van der Waals surface area contributed by atoms with Gasteiger partial charge in [-0.05, 0) is 52.7 Å². The second-order valence-corrected chi connectivity index (χ2v) is 6.68. The lowest BCUT2D eigenvalue weighted by atomic mass is 10.1. The van der Waals surface area contributed by atoms with Crippen molar-refractivity contribution in [2.45, 2.75) is 52.7 Å². The third-order valence-corrected chi connectivity index (χ3v) is 3.62. The van der Waals surface area contributed by atoms with E-state index in [9.17, 15) is 4.79 Å². The van der Waals surface area contributed by atoms with Crippen molar-refractivity contribution < 1.29 is 9.53 Å². The fourth-order valence-electron chi connectivity index (χ4n) is 2.57. The molecule has 1 unspecified atom stereocenters. The highest BCUT2D eigenvalue weighted by molar-refractivity contribution is 5.67. The van der Waals surface area contributed by atoms with Gasteiger partial charge in [0, 0.05) is 31.4 Å². The Kier molecular flexibility index (Phi) is 7.36. The molecule has 0 saturated heterocycles. The number of para-hydroxylation sites is 1. The topological polar surface area (TPSA) is 67.6 Å². The van der Waals surface area contributed by atoms with Gasteiger partial charge >= 0.3 is 6.09 Å². The molecule has 0 spiro atoms. The molecule has 0 radical (unpaired) electrons. The van der Waals surface area contributed by atoms with Gasteiger partial charge in [0.05, 0.1) is 0 Å². The summed E-state index contributed by atoms with van der Waals surface area (Å²) < 4.78 is 5.25. The summed E-state index contributed by atoms with van der Waals surface area (Å²) in [5.74, 6) is 0. The normalized spacial score (nSPS) is 12.6. The molecule has 0 heterocycles. The van der Waals surface area contributed by atoms with Crippen molar-refractivity contribution in [2.75, 3.05) is 24.5 Å². The first-order valence-corrected chi connectivity index (χ1v) is 8.27. The number of nitrogens with two attached hydrogens (primary N) is 1. The fraction of sp³-hybridized carbons (Fsp3) is 0.611. The van der Waals surface area contributed by atoms with E-state index < -0.39 is 5.60 Å². The number of aryl methyl sites for hydroxylation is 1. The van der Waals surface area contributed by atoms with Crippen LogP contribution in [-0.4, -0.2) is 37.4 Å². The molecule has 1 rings (SSSR count). The molecule has 1 amide bonds. The third-order valence-electron chi connectivity index (χ3n) is 3.62. The number of nitrogens with one attached hydrogen (secondary N) is 1. The van der Waals surface area contributed by atoms with Gasteiger partial charge in [0.1, 0.15) is 5.60 Å². The van der Waals surface area contributed by atoms with Crippen molar-refractivity contribution in [3.63, 3.8) is 0 Å². The Balaban J connectivity index is 2.62. The lowest BCUT2D eigenvalue weighted by molar-refractivity contribution is 0.0526. The molecule has 5 heteroatoms. The number of likely N-dealkylation sites (N-methyl/N-ethyl adjacent to an activating group) is 1. The molecule has 23 heavy (non-hydrogen) atoms. The van der Waals surface area contributed by atoms with E-state index in [1.807, 2.05) is 32.9 Å². The van der Waals surface area contributed by atoms with Gasteiger partial charge in [-0.2, -0.15) is 0 Å². The number of amides is 1. The SMILES string of the molecule is CCN(c1ccccc1C)C(CN)CCNC(=O)OC(C)(C)C. The average Bonchev–Trinajstić information content (AvgIpc) is 2.46. The van der Waals surface area contributed by atoms with E-state index in [4.69, 9.17) is 10.5 Å². The molecule has 0 aliphatic carbocycles. The molecule has 5 nitrogen and oxygen atoms in total.